The third-order valence-electron chi connectivity index (χ3n) is 3.73. The van der Waals surface area contributed by atoms with Crippen LogP contribution in [0.4, 0.5) is 11.4 Å². The number of hydrogen-bond donors (Lipinski definition) is 2. The van der Waals surface area contributed by atoms with Crippen molar-refractivity contribution in [1.82, 2.24) is 0 Å². The Kier molecular flexibility index (Phi) is 4.35. The molecule has 6 nitrogen and oxygen atoms in total. The first kappa shape index (κ1) is 16.4. The molecule has 0 bridgehead atoms. The summed E-state index contributed by atoms with van der Waals surface area (Å²) in [5.74, 6) is -0.807. The van der Waals surface area contributed by atoms with Gasteiger partial charge in [0, 0.05) is 18.2 Å². The molecule has 0 aliphatic carbocycles. The third kappa shape index (κ3) is 3.58. The van der Waals surface area contributed by atoms with Gasteiger partial charge in [0.1, 0.15) is 5.75 Å². The molecule has 0 spiro atoms. The second kappa shape index (κ2) is 6.60. The fraction of sp³-hybridized carbons (Fsp3) is 0.105. The number of rotatable bonds is 3. The zero-order valence-electron chi connectivity index (χ0n) is 13.5. The minimum atomic E-state index is -0.388. The summed E-state index contributed by atoms with van der Waals surface area (Å²) in [6.45, 7) is 1.40. The van der Waals surface area contributed by atoms with Gasteiger partial charge in [0.25, 0.3) is 5.91 Å². The summed E-state index contributed by atoms with van der Waals surface area (Å²) >= 11 is 0. The molecule has 126 valence electrons. The average Bonchev–Trinajstić information content (AvgIpc) is 2.82. The fourth-order valence-corrected chi connectivity index (χ4v) is 2.66. The standard InChI is InChI=1S/C19H16N2O4/c1-12(22)20-15-5-7-16(8-6-15)21-18(24)11-14(19(21)25)9-13-3-2-4-17(23)10-13/h2-10,23H,11H2,1H3,(H,20,22)/b14-9+. The summed E-state index contributed by atoms with van der Waals surface area (Å²) in [5, 5.41) is 12.1. The predicted octanol–water partition coefficient (Wildman–Crippen LogP) is 2.70. The van der Waals surface area contributed by atoms with Gasteiger partial charge in [-0.25, -0.2) is 4.90 Å². The van der Waals surface area contributed by atoms with Crippen LogP contribution in [-0.2, 0) is 14.4 Å². The molecule has 2 aromatic carbocycles. The number of hydrogen-bond acceptors (Lipinski definition) is 4. The number of anilines is 2. The van der Waals surface area contributed by atoms with Gasteiger partial charge >= 0.3 is 0 Å². The lowest BCUT2D eigenvalue weighted by molar-refractivity contribution is -0.120. The maximum Gasteiger partial charge on any atom is 0.261 e. The molecular weight excluding hydrogens is 320 g/mol. The van der Waals surface area contributed by atoms with E-state index in [4.69, 9.17) is 0 Å². The number of carbonyl (C=O) groups is 3. The van der Waals surface area contributed by atoms with E-state index in [0.717, 1.165) is 4.90 Å². The second-order valence-electron chi connectivity index (χ2n) is 5.70. The van der Waals surface area contributed by atoms with E-state index in [2.05, 4.69) is 5.32 Å². The van der Waals surface area contributed by atoms with E-state index in [9.17, 15) is 19.5 Å². The Balaban J connectivity index is 1.85. The molecule has 3 rings (SSSR count). The Labute approximate surface area is 144 Å². The molecule has 25 heavy (non-hydrogen) atoms. The van der Waals surface area contributed by atoms with Crippen molar-refractivity contribution < 1.29 is 19.5 Å². The van der Waals surface area contributed by atoms with Crippen molar-refractivity contribution in [3.05, 3.63) is 59.7 Å². The van der Waals surface area contributed by atoms with Crippen molar-refractivity contribution in [2.24, 2.45) is 0 Å². The first-order valence-electron chi connectivity index (χ1n) is 7.68. The van der Waals surface area contributed by atoms with E-state index < -0.39 is 0 Å². The quantitative estimate of drug-likeness (QED) is 0.666. The molecule has 0 radical (unpaired) electrons. The van der Waals surface area contributed by atoms with E-state index in [1.54, 1.807) is 42.5 Å². The smallest absolute Gasteiger partial charge is 0.261 e. The highest BCUT2D eigenvalue weighted by molar-refractivity contribution is 6.29. The van der Waals surface area contributed by atoms with Crippen molar-refractivity contribution in [2.75, 3.05) is 10.2 Å². The summed E-state index contributed by atoms with van der Waals surface area (Å²) in [5.41, 5.74) is 2.05. The van der Waals surface area contributed by atoms with Gasteiger partial charge in [0.15, 0.2) is 0 Å². The van der Waals surface area contributed by atoms with Crippen LogP contribution >= 0.6 is 0 Å². The van der Waals surface area contributed by atoms with Gasteiger partial charge in [-0.1, -0.05) is 12.1 Å². The molecule has 3 amide bonds. The van der Waals surface area contributed by atoms with Gasteiger partial charge in [0.2, 0.25) is 11.8 Å². The average molecular weight is 336 g/mol. The van der Waals surface area contributed by atoms with Crippen LogP contribution in [0.3, 0.4) is 0 Å². The maximum absolute atomic E-state index is 12.6. The number of benzene rings is 2. The summed E-state index contributed by atoms with van der Waals surface area (Å²) in [6.07, 6.45) is 1.60. The Morgan fingerprint density at radius 1 is 1.16 bits per heavy atom. The summed E-state index contributed by atoms with van der Waals surface area (Å²) < 4.78 is 0. The normalized spacial score (nSPS) is 15.7. The Bertz CT molecular complexity index is 885. The van der Waals surface area contributed by atoms with Crippen LogP contribution in [0.5, 0.6) is 5.75 Å². The Hall–Kier alpha value is -3.41. The lowest BCUT2D eigenvalue weighted by atomic mass is 10.1. The van der Waals surface area contributed by atoms with E-state index in [1.807, 2.05) is 0 Å². The molecule has 1 aliphatic heterocycles. The van der Waals surface area contributed by atoms with Crippen LogP contribution < -0.4 is 10.2 Å². The summed E-state index contributed by atoms with van der Waals surface area (Å²) in [7, 11) is 0. The number of aromatic hydroxyl groups is 1. The number of amides is 3. The zero-order chi connectivity index (χ0) is 18.0. The van der Waals surface area contributed by atoms with Crippen molar-refractivity contribution in [3.63, 3.8) is 0 Å². The lowest BCUT2D eigenvalue weighted by Gasteiger charge is -2.14. The largest absolute Gasteiger partial charge is 0.508 e. The number of phenolic OH excluding ortho intramolecular Hbond substituents is 1. The zero-order valence-corrected chi connectivity index (χ0v) is 13.5. The van der Waals surface area contributed by atoms with Gasteiger partial charge in [-0.15, -0.1) is 0 Å². The second-order valence-corrected chi connectivity index (χ2v) is 5.70. The van der Waals surface area contributed by atoms with Crippen LogP contribution in [-0.4, -0.2) is 22.8 Å². The molecule has 0 aromatic heterocycles. The molecule has 0 atom stereocenters. The van der Waals surface area contributed by atoms with E-state index >= 15 is 0 Å². The van der Waals surface area contributed by atoms with E-state index in [-0.39, 0.29) is 29.9 Å². The first-order valence-corrected chi connectivity index (χ1v) is 7.68. The molecule has 1 fully saturated rings. The van der Waals surface area contributed by atoms with Crippen molar-refractivity contribution in [2.45, 2.75) is 13.3 Å². The minimum Gasteiger partial charge on any atom is -0.508 e. The summed E-state index contributed by atoms with van der Waals surface area (Å²) in [4.78, 5) is 37.0. The number of nitrogens with one attached hydrogen (secondary N) is 1. The molecule has 2 N–H and O–H groups in total. The highest BCUT2D eigenvalue weighted by atomic mass is 16.3. The topological polar surface area (TPSA) is 86.7 Å². The lowest BCUT2D eigenvalue weighted by Crippen LogP contribution is -2.28. The maximum atomic E-state index is 12.6. The monoisotopic (exact) mass is 336 g/mol. The molecular formula is C19H16N2O4. The molecule has 1 saturated heterocycles. The Morgan fingerprint density at radius 3 is 2.52 bits per heavy atom. The number of carbonyl (C=O) groups excluding carboxylic acids is 3. The van der Waals surface area contributed by atoms with Gasteiger partial charge in [0.05, 0.1) is 12.1 Å². The molecule has 1 heterocycles. The van der Waals surface area contributed by atoms with Crippen molar-refractivity contribution >= 4 is 35.2 Å². The van der Waals surface area contributed by atoms with Crippen molar-refractivity contribution in [3.8, 4) is 5.75 Å². The highest BCUT2D eigenvalue weighted by Gasteiger charge is 2.34. The molecule has 6 heteroatoms. The molecule has 2 aromatic rings. The third-order valence-corrected chi connectivity index (χ3v) is 3.73. The predicted molar refractivity (Wildman–Crippen MR) is 93.9 cm³/mol. The van der Waals surface area contributed by atoms with Crippen LogP contribution in [0.2, 0.25) is 0 Å². The van der Waals surface area contributed by atoms with E-state index in [0.29, 0.717) is 22.5 Å². The van der Waals surface area contributed by atoms with Crippen LogP contribution in [0, 0.1) is 0 Å². The minimum absolute atomic E-state index is 0.00192. The Morgan fingerprint density at radius 2 is 1.88 bits per heavy atom. The highest BCUT2D eigenvalue weighted by Crippen LogP contribution is 2.28. The van der Waals surface area contributed by atoms with Crippen molar-refractivity contribution in [1.29, 1.82) is 0 Å². The van der Waals surface area contributed by atoms with Gasteiger partial charge in [-0.3, -0.25) is 14.4 Å². The van der Waals surface area contributed by atoms with Crippen LogP contribution in [0.1, 0.15) is 18.9 Å². The van der Waals surface area contributed by atoms with E-state index in [1.165, 1.54) is 19.1 Å². The fourth-order valence-electron chi connectivity index (χ4n) is 2.66. The molecule has 0 unspecified atom stereocenters. The molecule has 0 saturated carbocycles. The first-order chi connectivity index (χ1) is 11.9. The SMILES string of the molecule is CC(=O)Nc1ccc(N2C(=O)C/C(=C\c3cccc(O)c3)C2=O)cc1. The van der Waals surface area contributed by atoms with Crippen LogP contribution in [0.15, 0.2) is 54.1 Å². The number of imide groups is 1. The summed E-state index contributed by atoms with van der Waals surface area (Å²) in [6, 6.07) is 13.0. The molecule has 1 aliphatic rings. The van der Waals surface area contributed by atoms with Gasteiger partial charge in [-0.2, -0.15) is 0 Å². The number of phenols is 1. The van der Waals surface area contributed by atoms with Gasteiger partial charge in [-0.05, 0) is 48.0 Å². The van der Waals surface area contributed by atoms with Gasteiger partial charge < -0.3 is 10.4 Å². The number of nitrogens with zero attached hydrogens (tertiary/aromatic N) is 1. The van der Waals surface area contributed by atoms with Crippen LogP contribution in [0.25, 0.3) is 6.08 Å².